The lowest BCUT2D eigenvalue weighted by molar-refractivity contribution is -0.150. The van der Waals surface area contributed by atoms with Crippen LogP contribution < -0.4 is 27.7 Å². The molecule has 2 N–H and O–H groups in total. The summed E-state index contributed by atoms with van der Waals surface area (Å²) in [5.41, 5.74) is 6.01. The van der Waals surface area contributed by atoms with Gasteiger partial charge in [0.2, 0.25) is 23.6 Å². The van der Waals surface area contributed by atoms with E-state index < -0.39 is 42.4 Å². The van der Waals surface area contributed by atoms with Crippen LogP contribution in [0.1, 0.15) is 174 Å². The van der Waals surface area contributed by atoms with Gasteiger partial charge in [0.1, 0.15) is 29.3 Å². The second-order valence-electron chi connectivity index (χ2n) is 29.9. The van der Waals surface area contributed by atoms with Crippen LogP contribution >= 0.6 is 12.4 Å². The summed E-state index contributed by atoms with van der Waals surface area (Å²) in [4.78, 5) is 143. The average molecular weight is 1500 g/mol. The molecule has 6 aliphatic heterocycles. The van der Waals surface area contributed by atoms with Crippen LogP contribution in [-0.4, -0.2) is 204 Å². The molecule has 0 aliphatic carbocycles. The third-order valence-corrected chi connectivity index (χ3v) is 20.3. The van der Waals surface area contributed by atoms with Gasteiger partial charge in [0, 0.05) is 101 Å². The number of imide groups is 3. The zero-order valence-electron chi connectivity index (χ0n) is 64.2. The summed E-state index contributed by atoms with van der Waals surface area (Å²) in [5, 5.41) is 5.68. The Bertz CT molecular complexity index is 4330. The summed E-state index contributed by atoms with van der Waals surface area (Å²) in [7, 11) is 7.15. The predicted molar refractivity (Wildman–Crippen MR) is 400 cm³/mol. The van der Waals surface area contributed by atoms with Crippen molar-refractivity contribution in [3.8, 4) is 0 Å². The maximum Gasteiger partial charge on any atom is 0.410 e. The number of ether oxygens (including phenoxy) is 5. The number of likely N-dealkylation sites (N-methyl/N-ethyl adjacent to an activating group) is 2. The Morgan fingerprint density at radius 2 is 0.802 bits per heavy atom. The normalized spacial score (nSPS) is 19.6. The van der Waals surface area contributed by atoms with E-state index in [1.807, 2.05) is 96.1 Å². The van der Waals surface area contributed by atoms with Crippen molar-refractivity contribution in [3.63, 3.8) is 0 Å². The molecule has 12 rings (SSSR count). The second kappa shape index (κ2) is 36.9. The summed E-state index contributed by atoms with van der Waals surface area (Å²) < 4.78 is 54.0. The highest BCUT2D eigenvalue weighted by Gasteiger charge is 2.39. The van der Waals surface area contributed by atoms with Gasteiger partial charge in [-0.3, -0.25) is 75.7 Å². The quantitative estimate of drug-likeness (QED) is 0.0607. The van der Waals surface area contributed by atoms with E-state index in [2.05, 4.69) is 10.6 Å². The Labute approximate surface area is 624 Å². The minimum Gasteiger partial charge on any atom is -0.444 e. The predicted octanol–water partition coefficient (Wildman–Crippen LogP) is 8.04. The lowest BCUT2D eigenvalue weighted by Crippen LogP contribution is -2.45. The number of amides is 8. The smallest absolute Gasteiger partial charge is 0.410 e. The largest absolute Gasteiger partial charge is 0.444 e. The number of likely N-dealkylation sites (tertiary alicyclic amines) is 4. The third-order valence-electron chi connectivity index (χ3n) is 20.3. The number of rotatable bonds is 18. The summed E-state index contributed by atoms with van der Waals surface area (Å²) >= 11 is 0. The van der Waals surface area contributed by atoms with Gasteiger partial charge < -0.3 is 38.8 Å². The summed E-state index contributed by atoms with van der Waals surface area (Å²) in [6, 6.07) is 15.4. The van der Waals surface area contributed by atoms with Gasteiger partial charge in [0.25, 0.3) is 11.8 Å². The molecule has 3 aromatic carbocycles. The van der Waals surface area contributed by atoms with E-state index in [1.165, 1.54) is 18.7 Å². The van der Waals surface area contributed by atoms with Crippen LogP contribution in [0.4, 0.5) is 14.0 Å². The topological polar surface area (TPSA) is 301 Å². The molecule has 6 aromatic rings. The molecular weight excluding hydrogens is 1390 g/mol. The van der Waals surface area contributed by atoms with E-state index in [4.69, 9.17) is 25.1 Å². The SMILES string of the molecule is CN1C(=O)CCC(n2c(=O)n(C)c3c(CCCOC4CCN(C(=O)OC(C)(C)C)CC4)cccc32)C1=O.CN1C(=O)CCC(n2c(=O)n(C)c3c(CCCOC4CCNCC4)cccc32)C1=O.Cl.Cn1c(=O)n(C2CCC(=O)NC2=O)c2cccc(CCCOC3CCN(C(=O)OC(C)(C)C)CC3)c21.[2H]CF. The number of para-hydroxylation sites is 3. The van der Waals surface area contributed by atoms with Gasteiger partial charge in [0.05, 0.1) is 59.9 Å². The number of imidazole rings is 3. The first kappa shape index (κ1) is 81.6. The van der Waals surface area contributed by atoms with Crippen molar-refractivity contribution < 1.29 is 67.8 Å². The first-order valence-electron chi connectivity index (χ1n) is 37.5. The van der Waals surface area contributed by atoms with Crippen molar-refractivity contribution in [2.45, 2.75) is 205 Å². The van der Waals surface area contributed by atoms with E-state index in [0.29, 0.717) is 82.4 Å². The Morgan fingerprint density at radius 1 is 0.481 bits per heavy atom. The maximum absolute atomic E-state index is 13.2. The van der Waals surface area contributed by atoms with Crippen molar-refractivity contribution in [1.29, 1.82) is 0 Å². The van der Waals surface area contributed by atoms with E-state index in [0.717, 1.165) is 139 Å². The molecular formula is C76H108ClFN12O16. The number of nitrogens with one attached hydrogen (secondary N) is 2. The van der Waals surface area contributed by atoms with Crippen molar-refractivity contribution in [3.05, 3.63) is 103 Å². The van der Waals surface area contributed by atoms with Gasteiger partial charge in [-0.2, -0.15) is 0 Å². The van der Waals surface area contributed by atoms with Crippen molar-refractivity contribution in [1.82, 2.24) is 57.6 Å². The number of benzene rings is 3. The highest BCUT2D eigenvalue weighted by Crippen LogP contribution is 2.32. The molecule has 28 nitrogen and oxygen atoms in total. The van der Waals surface area contributed by atoms with Crippen LogP contribution in [-0.2, 0) is 92.9 Å². The van der Waals surface area contributed by atoms with Crippen LogP contribution in [0.25, 0.3) is 33.1 Å². The molecule has 0 saturated carbocycles. The lowest BCUT2D eigenvalue weighted by atomic mass is 10.0. The fraction of sp³-hybridized carbons (Fsp3) is 0.618. The zero-order chi connectivity index (χ0) is 76.9. The molecule has 9 heterocycles. The van der Waals surface area contributed by atoms with Crippen LogP contribution in [0.15, 0.2) is 69.0 Å². The standard InChI is InChI=1S/C27H38N4O6.C26H36N4O6.C22H30N4O4.CH3F.ClH/c1-27(2,3)37-26(35)30-15-13-19(14-16-30)36-17-7-9-18-8-6-10-20-23(18)29(5)25(34)31(20)21-11-12-22(32)28(4)24(21)33;1-26(2,3)36-25(34)29-14-12-18(13-15-29)35-16-6-8-17-7-5-9-19-22(17)28(4)24(33)30(19)20-10-11-21(31)27-23(20)32;1-24-19(27)9-8-18(21(24)28)26-17-7-3-5-15(20(17)25(2)22(26)29)6-4-14-30-16-10-12-23-13-11-16;1-2;/h6,8,10,19,21H,7,9,11-17H2,1-5H3;5,7,9,18,20H,6,8,10-16H2,1-4H3,(H,27,31,32);3,5,7,16,18,23H,4,6,8-14H2,1-2H3;1H3;1H/i;;;1D;. The molecule has 0 spiro atoms. The minimum atomic E-state index is -1.00. The van der Waals surface area contributed by atoms with Gasteiger partial charge in [-0.1, -0.05) is 36.4 Å². The number of hydrogen-bond acceptors (Lipinski definition) is 17. The van der Waals surface area contributed by atoms with Gasteiger partial charge in [-0.05, 0) is 186 Å². The number of halogens is 2. The molecule has 8 amide bonds. The number of aryl methyl sites for hydroxylation is 6. The number of piperidine rings is 6. The summed E-state index contributed by atoms with van der Waals surface area (Å²) in [6.45, 7) is 17.6. The fourth-order valence-electron chi connectivity index (χ4n) is 14.8. The van der Waals surface area contributed by atoms with Crippen LogP contribution in [0, 0.1) is 0 Å². The van der Waals surface area contributed by atoms with Crippen molar-refractivity contribution in [2.75, 3.05) is 80.3 Å². The monoisotopic (exact) mass is 1500 g/mol. The van der Waals surface area contributed by atoms with Crippen molar-refractivity contribution >= 4 is 93.1 Å². The fourth-order valence-corrected chi connectivity index (χ4v) is 14.8. The second-order valence-corrected chi connectivity index (χ2v) is 29.9. The number of alkyl halides is 1. The number of fused-ring (bicyclic) bond motifs is 3. The minimum absolute atomic E-state index is 0. The number of hydrogen-bond donors (Lipinski definition) is 2. The Hall–Kier alpha value is -8.51. The Kier molecular flexibility index (Phi) is 28.4. The van der Waals surface area contributed by atoms with Gasteiger partial charge in [-0.25, -0.2) is 24.0 Å². The lowest BCUT2D eigenvalue weighted by Gasteiger charge is -2.33. The molecule has 3 unspecified atom stereocenters. The van der Waals surface area contributed by atoms with Gasteiger partial charge in [-0.15, -0.1) is 12.4 Å². The van der Waals surface area contributed by atoms with Crippen molar-refractivity contribution in [2.24, 2.45) is 21.1 Å². The third kappa shape index (κ3) is 19.8. The highest BCUT2D eigenvalue weighted by atomic mass is 35.5. The molecule has 3 atom stereocenters. The van der Waals surface area contributed by atoms with E-state index in [9.17, 15) is 57.1 Å². The van der Waals surface area contributed by atoms with Crippen LogP contribution in [0.3, 0.4) is 0 Å². The van der Waals surface area contributed by atoms with E-state index >= 15 is 0 Å². The average Bonchev–Trinajstić information content (AvgIpc) is 1.62. The molecule has 582 valence electrons. The van der Waals surface area contributed by atoms with Crippen LogP contribution in [0.5, 0.6) is 0 Å². The molecule has 6 saturated heterocycles. The van der Waals surface area contributed by atoms with E-state index in [-0.39, 0.29) is 103 Å². The molecule has 106 heavy (non-hydrogen) atoms. The van der Waals surface area contributed by atoms with E-state index in [1.54, 1.807) is 53.8 Å². The summed E-state index contributed by atoms with van der Waals surface area (Å²) in [6.07, 6.45) is 11.6. The number of nitrogens with zero attached hydrogens (tertiary/aromatic N) is 10. The molecule has 30 heteroatoms. The maximum atomic E-state index is 13.2. The number of carbonyl (C=O) groups excluding carboxylic acids is 8. The molecule has 6 aliphatic rings. The first-order chi connectivity index (χ1) is 50.4. The van der Waals surface area contributed by atoms with Gasteiger partial charge >= 0.3 is 29.3 Å². The molecule has 0 radical (unpaired) electrons. The zero-order valence-corrected chi connectivity index (χ0v) is 64.1. The molecule has 3 aromatic heterocycles. The first-order valence-corrected chi connectivity index (χ1v) is 36.8. The summed E-state index contributed by atoms with van der Waals surface area (Å²) in [5.74, 6) is -1.81. The molecule has 0 bridgehead atoms. The highest BCUT2D eigenvalue weighted by molar-refractivity contribution is 6.02. The number of aromatic nitrogens is 6. The molecule has 6 fully saturated rings. The number of carbonyl (C=O) groups is 8. The van der Waals surface area contributed by atoms with Crippen LogP contribution in [0.2, 0.25) is 0 Å². The Balaban J connectivity index is 0.000000199. The Morgan fingerprint density at radius 3 is 1.13 bits per heavy atom. The van der Waals surface area contributed by atoms with Gasteiger partial charge in [0.15, 0.2) is 0 Å².